The summed E-state index contributed by atoms with van der Waals surface area (Å²) in [5.74, 6) is 0.590. The Kier molecular flexibility index (Phi) is 3.98. The topological polar surface area (TPSA) is 38.9 Å². The summed E-state index contributed by atoms with van der Waals surface area (Å²) >= 11 is 1.87. The van der Waals surface area contributed by atoms with Gasteiger partial charge in [-0.15, -0.1) is 11.3 Å². The summed E-state index contributed by atoms with van der Waals surface area (Å²) in [4.78, 5) is 6.26. The second-order valence-electron chi connectivity index (χ2n) is 4.73. The smallest absolute Gasteiger partial charge is 0.110 e. The van der Waals surface area contributed by atoms with Crippen LogP contribution in [0.3, 0.4) is 0 Å². The number of aromatic nitrogens is 1. The third-order valence-electron chi connectivity index (χ3n) is 3.70. The molecule has 16 heavy (non-hydrogen) atoms. The third kappa shape index (κ3) is 2.30. The van der Waals surface area contributed by atoms with Crippen LogP contribution < -0.4 is 5.73 Å². The molecule has 0 radical (unpaired) electrons. The van der Waals surface area contributed by atoms with E-state index in [0.29, 0.717) is 5.92 Å². The van der Waals surface area contributed by atoms with Crippen molar-refractivity contribution in [3.05, 3.63) is 15.6 Å². The molecule has 1 atom stereocenters. The number of nitrogens with zero attached hydrogens (tertiary/aromatic N) is 1. The van der Waals surface area contributed by atoms with Gasteiger partial charge in [-0.05, 0) is 31.6 Å². The Morgan fingerprint density at radius 3 is 2.56 bits per heavy atom. The first-order chi connectivity index (χ1) is 7.76. The quantitative estimate of drug-likeness (QED) is 0.872. The van der Waals surface area contributed by atoms with Gasteiger partial charge in [-0.1, -0.05) is 26.7 Å². The van der Waals surface area contributed by atoms with Gasteiger partial charge < -0.3 is 5.73 Å². The van der Waals surface area contributed by atoms with Crippen LogP contribution in [0.2, 0.25) is 0 Å². The second-order valence-corrected chi connectivity index (χ2v) is 5.85. The molecule has 0 saturated carbocycles. The highest BCUT2D eigenvalue weighted by Crippen LogP contribution is 2.33. The van der Waals surface area contributed by atoms with Crippen molar-refractivity contribution in [1.29, 1.82) is 0 Å². The maximum Gasteiger partial charge on any atom is 0.110 e. The van der Waals surface area contributed by atoms with E-state index in [-0.39, 0.29) is 6.04 Å². The lowest BCUT2D eigenvalue weighted by Gasteiger charge is -2.18. The zero-order valence-corrected chi connectivity index (χ0v) is 11.1. The van der Waals surface area contributed by atoms with Crippen LogP contribution in [0, 0.1) is 5.92 Å². The van der Waals surface area contributed by atoms with Crippen molar-refractivity contribution >= 4 is 11.3 Å². The van der Waals surface area contributed by atoms with Crippen LogP contribution in [0.5, 0.6) is 0 Å². The van der Waals surface area contributed by atoms with Gasteiger partial charge in [-0.3, -0.25) is 0 Å². The van der Waals surface area contributed by atoms with Crippen molar-refractivity contribution in [1.82, 2.24) is 4.98 Å². The van der Waals surface area contributed by atoms with Crippen molar-refractivity contribution < 1.29 is 0 Å². The zero-order chi connectivity index (χ0) is 11.5. The predicted octanol–water partition coefficient (Wildman–Crippen LogP) is 3.46. The average Bonchev–Trinajstić information content (AvgIpc) is 2.74. The van der Waals surface area contributed by atoms with Gasteiger partial charge in [0.1, 0.15) is 5.01 Å². The normalized spacial score (nSPS) is 17.5. The zero-order valence-electron chi connectivity index (χ0n) is 10.3. The van der Waals surface area contributed by atoms with Crippen molar-refractivity contribution in [2.24, 2.45) is 11.7 Å². The highest BCUT2D eigenvalue weighted by atomic mass is 32.1. The molecule has 3 heteroatoms. The average molecular weight is 238 g/mol. The van der Waals surface area contributed by atoms with E-state index in [2.05, 4.69) is 13.8 Å². The summed E-state index contributed by atoms with van der Waals surface area (Å²) in [6, 6.07) is 0.158. The van der Waals surface area contributed by atoms with Gasteiger partial charge in [0, 0.05) is 4.88 Å². The molecule has 0 saturated heterocycles. The minimum Gasteiger partial charge on any atom is -0.322 e. The van der Waals surface area contributed by atoms with E-state index in [1.54, 1.807) is 0 Å². The largest absolute Gasteiger partial charge is 0.322 e. The maximum atomic E-state index is 6.32. The Bertz CT molecular complexity index is 318. The summed E-state index contributed by atoms with van der Waals surface area (Å²) < 4.78 is 0. The number of thiazole rings is 1. The fourth-order valence-corrected chi connectivity index (χ4v) is 3.76. The Morgan fingerprint density at radius 2 is 1.94 bits per heavy atom. The van der Waals surface area contributed by atoms with Crippen LogP contribution in [0.15, 0.2) is 0 Å². The number of fused-ring (bicyclic) bond motifs is 1. The Morgan fingerprint density at radius 1 is 1.25 bits per heavy atom. The number of nitrogens with two attached hydrogens (primary N) is 1. The number of hydrogen-bond donors (Lipinski definition) is 1. The van der Waals surface area contributed by atoms with Crippen LogP contribution in [0.4, 0.5) is 0 Å². The minimum absolute atomic E-state index is 0.158. The number of aryl methyl sites for hydroxylation is 2. The lowest BCUT2D eigenvalue weighted by Crippen LogP contribution is -2.20. The standard InChI is InChI=1S/C13H22N2S/c1-3-9(4-2)12(14)13-15-10-7-5-6-8-11(10)16-13/h9,12H,3-8,14H2,1-2H3. The first-order valence-electron chi connectivity index (χ1n) is 6.50. The van der Waals surface area contributed by atoms with E-state index in [9.17, 15) is 0 Å². The van der Waals surface area contributed by atoms with Crippen molar-refractivity contribution in [3.8, 4) is 0 Å². The van der Waals surface area contributed by atoms with Gasteiger partial charge in [0.25, 0.3) is 0 Å². The first-order valence-corrected chi connectivity index (χ1v) is 7.32. The molecule has 0 spiro atoms. The molecular weight excluding hydrogens is 216 g/mol. The van der Waals surface area contributed by atoms with Gasteiger partial charge in [-0.2, -0.15) is 0 Å². The van der Waals surface area contributed by atoms with E-state index >= 15 is 0 Å². The van der Waals surface area contributed by atoms with E-state index in [0.717, 1.165) is 12.8 Å². The molecule has 2 rings (SSSR count). The summed E-state index contributed by atoms with van der Waals surface area (Å²) in [6.07, 6.45) is 7.33. The molecule has 0 amide bonds. The first kappa shape index (κ1) is 12.1. The maximum absolute atomic E-state index is 6.32. The summed E-state index contributed by atoms with van der Waals surface area (Å²) in [6.45, 7) is 4.45. The van der Waals surface area contributed by atoms with E-state index in [4.69, 9.17) is 10.7 Å². The molecule has 1 aliphatic rings. The van der Waals surface area contributed by atoms with Gasteiger partial charge in [0.05, 0.1) is 11.7 Å². The predicted molar refractivity (Wildman–Crippen MR) is 69.8 cm³/mol. The Balaban J connectivity index is 2.17. The highest BCUT2D eigenvalue weighted by Gasteiger charge is 2.22. The molecule has 0 bridgehead atoms. The van der Waals surface area contributed by atoms with Gasteiger partial charge in [0.2, 0.25) is 0 Å². The fourth-order valence-electron chi connectivity index (χ4n) is 2.51. The van der Waals surface area contributed by atoms with Crippen LogP contribution in [0.1, 0.15) is 61.2 Å². The number of rotatable bonds is 4. The van der Waals surface area contributed by atoms with Gasteiger partial charge >= 0.3 is 0 Å². The van der Waals surface area contributed by atoms with E-state index in [1.165, 1.54) is 41.3 Å². The van der Waals surface area contributed by atoms with Gasteiger partial charge in [-0.25, -0.2) is 4.98 Å². The lowest BCUT2D eigenvalue weighted by atomic mass is 9.95. The van der Waals surface area contributed by atoms with Crippen LogP contribution >= 0.6 is 11.3 Å². The fraction of sp³-hybridized carbons (Fsp3) is 0.769. The molecule has 90 valence electrons. The monoisotopic (exact) mass is 238 g/mol. The number of hydrogen-bond acceptors (Lipinski definition) is 3. The third-order valence-corrected chi connectivity index (χ3v) is 4.96. The SMILES string of the molecule is CCC(CC)C(N)c1nc2c(s1)CCCC2. The second kappa shape index (κ2) is 5.28. The minimum atomic E-state index is 0.158. The van der Waals surface area contributed by atoms with E-state index in [1.807, 2.05) is 11.3 Å². The van der Waals surface area contributed by atoms with Crippen molar-refractivity contribution in [2.45, 2.75) is 58.4 Å². The molecule has 0 aliphatic heterocycles. The highest BCUT2D eigenvalue weighted by molar-refractivity contribution is 7.11. The van der Waals surface area contributed by atoms with Crippen molar-refractivity contribution in [3.63, 3.8) is 0 Å². The molecule has 1 aliphatic carbocycles. The molecular formula is C13H22N2S. The molecule has 1 heterocycles. The molecule has 2 N–H and O–H groups in total. The Labute approximate surface area is 102 Å². The molecule has 0 aromatic carbocycles. The molecule has 1 unspecified atom stereocenters. The van der Waals surface area contributed by atoms with E-state index < -0.39 is 0 Å². The summed E-state index contributed by atoms with van der Waals surface area (Å²) in [5, 5.41) is 1.18. The molecule has 1 aromatic rings. The Hall–Kier alpha value is -0.410. The summed E-state index contributed by atoms with van der Waals surface area (Å²) in [7, 11) is 0. The lowest BCUT2D eigenvalue weighted by molar-refractivity contribution is 0.404. The van der Waals surface area contributed by atoms with Crippen LogP contribution in [-0.2, 0) is 12.8 Å². The molecule has 1 aromatic heterocycles. The van der Waals surface area contributed by atoms with Crippen molar-refractivity contribution in [2.75, 3.05) is 0 Å². The van der Waals surface area contributed by atoms with Crippen LogP contribution in [0.25, 0.3) is 0 Å². The van der Waals surface area contributed by atoms with Crippen LogP contribution in [-0.4, -0.2) is 4.98 Å². The molecule has 2 nitrogen and oxygen atoms in total. The van der Waals surface area contributed by atoms with Gasteiger partial charge in [0.15, 0.2) is 0 Å². The molecule has 0 fully saturated rings. The summed E-state index contributed by atoms with van der Waals surface area (Å²) in [5.41, 5.74) is 7.66.